The van der Waals surface area contributed by atoms with E-state index < -0.39 is 11.7 Å². The van der Waals surface area contributed by atoms with Gasteiger partial charge in [-0.15, -0.1) is 0 Å². The molecule has 1 aliphatic rings. The van der Waals surface area contributed by atoms with Crippen LogP contribution in [0.1, 0.15) is 42.4 Å². The zero-order chi connectivity index (χ0) is 26.5. The number of fused-ring (bicyclic) bond motifs is 1. The van der Waals surface area contributed by atoms with Gasteiger partial charge in [0.15, 0.2) is 11.5 Å². The summed E-state index contributed by atoms with van der Waals surface area (Å²) in [7, 11) is 0. The number of hydrogen-bond acceptors (Lipinski definition) is 6. The molecule has 0 bridgehead atoms. The number of benzene rings is 3. The van der Waals surface area contributed by atoms with Gasteiger partial charge in [-0.3, -0.25) is 0 Å². The Balaban J connectivity index is 1.22. The van der Waals surface area contributed by atoms with Crippen molar-refractivity contribution in [3.63, 3.8) is 0 Å². The Labute approximate surface area is 228 Å². The molecule has 1 saturated carbocycles. The number of ether oxygens (including phenoxy) is 1. The Bertz CT molecular complexity index is 1390. The van der Waals surface area contributed by atoms with E-state index in [4.69, 9.17) is 4.74 Å². The Hall–Kier alpha value is -4.07. The molecular formula is C32H33N5O2. The fourth-order valence-electron chi connectivity index (χ4n) is 5.26. The molecule has 1 fully saturated rings. The summed E-state index contributed by atoms with van der Waals surface area (Å²) in [5.74, 6) is 0.783. The Kier molecular flexibility index (Phi) is 7.34. The van der Waals surface area contributed by atoms with Gasteiger partial charge in [0.1, 0.15) is 17.4 Å². The number of rotatable bonds is 11. The maximum Gasteiger partial charge on any atom is 0.165 e. The molecule has 2 N–H and O–H groups in total. The molecular weight excluding hydrogens is 486 g/mol. The molecule has 6 rings (SSSR count). The number of anilines is 1. The molecule has 198 valence electrons. The third-order valence-electron chi connectivity index (χ3n) is 7.58. The number of aryl methyl sites for hydroxylation is 1. The summed E-state index contributed by atoms with van der Waals surface area (Å²) in [6.07, 6.45) is 6.74. The lowest BCUT2D eigenvalue weighted by Gasteiger charge is -2.36. The largest absolute Gasteiger partial charge is 0.391 e. The molecule has 2 aromatic heterocycles. The van der Waals surface area contributed by atoms with Crippen molar-refractivity contribution in [2.75, 3.05) is 11.9 Å². The normalized spacial score (nSPS) is 14.7. The minimum atomic E-state index is -0.859. The molecule has 2 heterocycles. The zero-order valence-corrected chi connectivity index (χ0v) is 21.9. The van der Waals surface area contributed by atoms with Crippen LogP contribution in [0.3, 0.4) is 0 Å². The highest BCUT2D eigenvalue weighted by Crippen LogP contribution is 2.40. The van der Waals surface area contributed by atoms with Crippen LogP contribution in [0.2, 0.25) is 0 Å². The molecule has 7 heteroatoms. The van der Waals surface area contributed by atoms with Crippen molar-refractivity contribution in [2.45, 2.75) is 50.0 Å². The highest BCUT2D eigenvalue weighted by Gasteiger charge is 2.38. The van der Waals surface area contributed by atoms with Crippen molar-refractivity contribution in [3.8, 4) is 0 Å². The lowest BCUT2D eigenvalue weighted by molar-refractivity contribution is -0.0409. The van der Waals surface area contributed by atoms with E-state index in [2.05, 4.69) is 56.7 Å². The van der Waals surface area contributed by atoms with Crippen LogP contribution in [0.5, 0.6) is 0 Å². The van der Waals surface area contributed by atoms with Gasteiger partial charge in [0, 0.05) is 12.6 Å². The third kappa shape index (κ3) is 5.15. The van der Waals surface area contributed by atoms with Crippen LogP contribution >= 0.6 is 0 Å². The van der Waals surface area contributed by atoms with Gasteiger partial charge in [-0.2, -0.15) is 0 Å². The van der Waals surface area contributed by atoms with Crippen molar-refractivity contribution in [1.82, 2.24) is 19.5 Å². The maximum absolute atomic E-state index is 11.1. The molecule has 0 amide bonds. The predicted octanol–water partition coefficient (Wildman–Crippen LogP) is 5.55. The summed E-state index contributed by atoms with van der Waals surface area (Å²) in [4.78, 5) is 13.5. The molecule has 0 spiro atoms. The molecule has 1 unspecified atom stereocenters. The molecule has 1 aliphatic carbocycles. The Morgan fingerprint density at radius 2 is 1.44 bits per heavy atom. The van der Waals surface area contributed by atoms with Gasteiger partial charge in [-0.1, -0.05) is 91.0 Å². The average molecular weight is 520 g/mol. The van der Waals surface area contributed by atoms with E-state index in [0.29, 0.717) is 19.0 Å². The predicted molar refractivity (Wildman–Crippen MR) is 152 cm³/mol. The molecule has 1 atom stereocenters. The second-order valence-electron chi connectivity index (χ2n) is 10.1. The summed E-state index contributed by atoms with van der Waals surface area (Å²) >= 11 is 0. The van der Waals surface area contributed by atoms with E-state index in [0.717, 1.165) is 46.5 Å². The van der Waals surface area contributed by atoms with Gasteiger partial charge >= 0.3 is 0 Å². The number of aliphatic hydroxyl groups is 1. The quantitative estimate of drug-likeness (QED) is 0.223. The van der Waals surface area contributed by atoms with Crippen molar-refractivity contribution in [2.24, 2.45) is 0 Å². The standard InChI is InChI=1S/C32H33N5O2/c38-28(19-20-37-23-35-29-30(33-22-34-31(29)37)36-27-17-10-18-27)21-39-32(24-11-4-1-5-12-24,25-13-6-2-7-14-25)26-15-8-3-9-16-26/h1-9,11-16,22-23,27-28,38H,10,17-21H2,(H,33,34,36). The van der Waals surface area contributed by atoms with Crippen molar-refractivity contribution in [3.05, 3.63) is 120 Å². The SMILES string of the molecule is OC(CCn1cnc2c(NC3CCC3)ncnc21)COC(c1ccccc1)(c1ccccc1)c1ccccc1. The van der Waals surface area contributed by atoms with Gasteiger partial charge in [0.2, 0.25) is 0 Å². The zero-order valence-electron chi connectivity index (χ0n) is 21.9. The summed E-state index contributed by atoms with van der Waals surface area (Å²) in [6.45, 7) is 0.727. The Morgan fingerprint density at radius 3 is 1.97 bits per heavy atom. The first-order valence-electron chi connectivity index (χ1n) is 13.6. The van der Waals surface area contributed by atoms with Gasteiger partial charge < -0.3 is 19.7 Å². The van der Waals surface area contributed by atoms with Crippen molar-refractivity contribution < 1.29 is 9.84 Å². The van der Waals surface area contributed by atoms with Gasteiger partial charge in [0.25, 0.3) is 0 Å². The molecule has 3 aromatic carbocycles. The highest BCUT2D eigenvalue weighted by molar-refractivity contribution is 5.82. The number of imidazole rings is 1. The fourth-order valence-corrected chi connectivity index (χ4v) is 5.26. The minimum absolute atomic E-state index is 0.161. The van der Waals surface area contributed by atoms with Crippen LogP contribution in [-0.2, 0) is 16.9 Å². The van der Waals surface area contributed by atoms with E-state index in [1.165, 1.54) is 6.42 Å². The van der Waals surface area contributed by atoms with Crippen LogP contribution < -0.4 is 5.32 Å². The van der Waals surface area contributed by atoms with Crippen molar-refractivity contribution in [1.29, 1.82) is 0 Å². The molecule has 0 radical (unpaired) electrons. The lowest BCUT2D eigenvalue weighted by atomic mass is 9.80. The molecule has 0 saturated heterocycles. The molecule has 0 aliphatic heterocycles. The van der Waals surface area contributed by atoms with Crippen LogP contribution in [0, 0.1) is 0 Å². The number of nitrogens with zero attached hydrogens (tertiary/aromatic N) is 4. The second kappa shape index (κ2) is 11.4. The fraction of sp³-hybridized carbons (Fsp3) is 0.281. The lowest BCUT2D eigenvalue weighted by Crippen LogP contribution is -2.36. The first-order chi connectivity index (χ1) is 19.2. The molecule has 5 aromatic rings. The Morgan fingerprint density at radius 1 is 0.846 bits per heavy atom. The minimum Gasteiger partial charge on any atom is -0.391 e. The molecule has 7 nitrogen and oxygen atoms in total. The summed E-state index contributed by atoms with van der Waals surface area (Å²) in [5, 5.41) is 14.6. The van der Waals surface area contributed by atoms with E-state index in [1.54, 1.807) is 12.7 Å². The number of aromatic nitrogens is 4. The average Bonchev–Trinajstić information content (AvgIpc) is 3.40. The first-order valence-corrected chi connectivity index (χ1v) is 13.6. The van der Waals surface area contributed by atoms with Crippen molar-refractivity contribution >= 4 is 17.0 Å². The highest BCUT2D eigenvalue weighted by atomic mass is 16.5. The van der Waals surface area contributed by atoms with Gasteiger partial charge in [-0.05, 0) is 42.4 Å². The number of hydrogen-bond donors (Lipinski definition) is 2. The number of aliphatic hydroxyl groups excluding tert-OH is 1. The summed E-state index contributed by atoms with van der Waals surface area (Å²) in [6, 6.07) is 31.1. The number of nitrogens with one attached hydrogen (secondary N) is 1. The monoisotopic (exact) mass is 519 g/mol. The topological polar surface area (TPSA) is 85.1 Å². The van der Waals surface area contributed by atoms with Gasteiger partial charge in [-0.25, -0.2) is 15.0 Å². The summed E-state index contributed by atoms with van der Waals surface area (Å²) in [5.41, 5.74) is 3.72. The van der Waals surface area contributed by atoms with E-state index in [1.807, 2.05) is 59.2 Å². The third-order valence-corrected chi connectivity index (χ3v) is 7.58. The van der Waals surface area contributed by atoms with Crippen LogP contribution in [0.4, 0.5) is 5.82 Å². The van der Waals surface area contributed by atoms with Crippen LogP contribution in [0.15, 0.2) is 104 Å². The smallest absolute Gasteiger partial charge is 0.165 e. The molecule has 39 heavy (non-hydrogen) atoms. The maximum atomic E-state index is 11.1. The first kappa shape index (κ1) is 25.2. The summed E-state index contributed by atoms with van der Waals surface area (Å²) < 4.78 is 8.76. The van der Waals surface area contributed by atoms with Gasteiger partial charge in [0.05, 0.1) is 19.0 Å². The van der Waals surface area contributed by atoms with E-state index >= 15 is 0 Å². The van der Waals surface area contributed by atoms with E-state index in [-0.39, 0.29) is 6.61 Å². The van der Waals surface area contributed by atoms with Crippen LogP contribution in [-0.4, -0.2) is 43.4 Å². The second-order valence-corrected chi connectivity index (χ2v) is 10.1. The van der Waals surface area contributed by atoms with Crippen LogP contribution in [0.25, 0.3) is 11.2 Å². The van der Waals surface area contributed by atoms with E-state index in [9.17, 15) is 5.11 Å².